The van der Waals surface area contributed by atoms with Gasteiger partial charge in [-0.15, -0.1) is 10.6 Å². The van der Waals surface area contributed by atoms with Crippen LogP contribution in [-0.4, -0.2) is 82.8 Å². The van der Waals surface area contributed by atoms with E-state index in [4.69, 9.17) is 24.0 Å². The summed E-state index contributed by atoms with van der Waals surface area (Å²) in [5.41, 5.74) is 4.68. The van der Waals surface area contributed by atoms with E-state index < -0.39 is 62.7 Å². The number of nitrogens with one attached hydrogen (secondary N) is 1. The molecule has 33 heavy (non-hydrogen) atoms. The van der Waals surface area contributed by atoms with Crippen molar-refractivity contribution in [2.24, 2.45) is 22.8 Å². The summed E-state index contributed by atoms with van der Waals surface area (Å²) in [6, 6.07) is 0. The van der Waals surface area contributed by atoms with E-state index in [0.29, 0.717) is 12.5 Å². The Balaban J connectivity index is 1.26. The molecule has 2 aliphatic carbocycles. The predicted octanol–water partition coefficient (Wildman–Crippen LogP) is -0.894. The molecule has 0 aromatic carbocycles. The van der Waals surface area contributed by atoms with Gasteiger partial charge in [0.15, 0.2) is 11.7 Å². The van der Waals surface area contributed by atoms with Crippen LogP contribution in [0.2, 0.25) is 0 Å². The van der Waals surface area contributed by atoms with Gasteiger partial charge in [-0.25, -0.2) is 18.6 Å². The standard InChI is InChI=1S/C20H34N2O10P/c21-33(22-8-11-4-2-1-3-5-11)31-18(27)20(19(28)32-33)6-12(7-20)10-29-17-16(26)15(25)14(24)13(9-23)30-17/h11-17,22-26H,1-10,21H2/q+1/t12?,13-,14-,15+,16+,17?,20?,33?/m1/s1. The molecule has 4 aliphatic rings. The monoisotopic (exact) mass is 493 g/mol. The molecule has 0 aromatic heterocycles. The number of ether oxygens (including phenoxy) is 2. The number of hydrogen-bond acceptors (Lipinski definition) is 12. The number of aliphatic hydroxyl groups excluding tert-OH is 4. The van der Waals surface area contributed by atoms with Crippen molar-refractivity contribution in [3.8, 4) is 0 Å². The van der Waals surface area contributed by atoms with Gasteiger partial charge in [0.25, 0.3) is 0 Å². The third-order valence-electron chi connectivity index (χ3n) is 7.16. The smallest absolute Gasteiger partial charge is 0.394 e. The van der Waals surface area contributed by atoms with E-state index in [9.17, 15) is 30.0 Å². The van der Waals surface area contributed by atoms with Crippen LogP contribution in [0.4, 0.5) is 0 Å². The third-order valence-corrected chi connectivity index (χ3v) is 8.66. The van der Waals surface area contributed by atoms with Crippen LogP contribution in [0.15, 0.2) is 0 Å². The molecule has 13 heteroatoms. The maximum absolute atomic E-state index is 12.7. The Labute approximate surface area is 192 Å². The van der Waals surface area contributed by atoms with Crippen LogP contribution in [0, 0.1) is 17.3 Å². The highest BCUT2D eigenvalue weighted by Crippen LogP contribution is 2.61. The van der Waals surface area contributed by atoms with Crippen LogP contribution < -0.4 is 10.6 Å². The summed E-state index contributed by atoms with van der Waals surface area (Å²) in [4.78, 5) is 25.5. The molecule has 4 fully saturated rings. The molecule has 1 spiro atoms. The van der Waals surface area contributed by atoms with Gasteiger partial charge >= 0.3 is 20.0 Å². The minimum Gasteiger partial charge on any atom is -0.394 e. The molecule has 0 radical (unpaired) electrons. The van der Waals surface area contributed by atoms with Crippen molar-refractivity contribution in [3.05, 3.63) is 0 Å². The summed E-state index contributed by atoms with van der Waals surface area (Å²) in [5.74, 6) is -1.21. The van der Waals surface area contributed by atoms with E-state index in [1.807, 2.05) is 0 Å². The summed E-state index contributed by atoms with van der Waals surface area (Å²) >= 11 is 0. The van der Waals surface area contributed by atoms with Gasteiger partial charge < -0.3 is 29.9 Å². The number of hydrogen-bond donors (Lipinski definition) is 6. The lowest BCUT2D eigenvalue weighted by Gasteiger charge is -2.45. The van der Waals surface area contributed by atoms with E-state index in [1.54, 1.807) is 0 Å². The van der Waals surface area contributed by atoms with Crippen LogP contribution in [0.1, 0.15) is 44.9 Å². The lowest BCUT2D eigenvalue weighted by Crippen LogP contribution is -2.60. The number of aliphatic hydroxyl groups is 4. The van der Waals surface area contributed by atoms with Crippen molar-refractivity contribution in [1.29, 1.82) is 0 Å². The molecule has 0 amide bonds. The topological polar surface area (TPSA) is 190 Å². The van der Waals surface area contributed by atoms with Gasteiger partial charge in [0, 0.05) is 6.54 Å². The molecule has 2 heterocycles. The van der Waals surface area contributed by atoms with Gasteiger partial charge in [-0.3, -0.25) is 0 Å². The predicted molar refractivity (Wildman–Crippen MR) is 113 cm³/mol. The summed E-state index contributed by atoms with van der Waals surface area (Å²) in [5, 5.41) is 41.9. The van der Waals surface area contributed by atoms with Crippen molar-refractivity contribution in [3.63, 3.8) is 0 Å². The molecule has 12 nitrogen and oxygen atoms in total. The largest absolute Gasteiger partial charge is 0.523 e. The van der Waals surface area contributed by atoms with Crippen molar-refractivity contribution >= 4 is 20.0 Å². The summed E-state index contributed by atoms with van der Waals surface area (Å²) < 4.78 is 21.6. The molecular formula is C20H34N2O10P+. The molecule has 1 unspecified atom stereocenters. The normalized spacial score (nSPS) is 44.3. The first-order valence-electron chi connectivity index (χ1n) is 11.5. The van der Waals surface area contributed by atoms with Crippen molar-refractivity contribution < 1.29 is 48.5 Å². The molecule has 2 aliphatic heterocycles. The Bertz CT molecular complexity index is 708. The van der Waals surface area contributed by atoms with Gasteiger partial charge in [-0.2, -0.15) is 0 Å². The molecule has 0 aromatic rings. The van der Waals surface area contributed by atoms with Crippen molar-refractivity contribution in [2.75, 3.05) is 19.8 Å². The summed E-state index contributed by atoms with van der Waals surface area (Å²) in [6.07, 6.45) is -0.975. The Kier molecular flexibility index (Phi) is 7.59. The highest BCUT2D eigenvalue weighted by molar-refractivity contribution is 7.63. The SMILES string of the molecule is N[P+]1(NCC2CCCCC2)OC(=O)C2(CC(COC3O[C@H](CO)[C@@H](O)[C@H](O)[C@@H]3O)C2)C(=O)O1. The minimum atomic E-state index is -3.30. The Hall–Kier alpha value is -0.950. The van der Waals surface area contributed by atoms with Gasteiger partial charge in [-0.05, 0) is 37.5 Å². The highest BCUT2D eigenvalue weighted by Gasteiger charge is 2.69. The second kappa shape index (κ2) is 9.96. The molecule has 7 N–H and O–H groups in total. The van der Waals surface area contributed by atoms with E-state index in [1.165, 1.54) is 6.42 Å². The highest BCUT2D eigenvalue weighted by atomic mass is 31.2. The average molecular weight is 493 g/mol. The Morgan fingerprint density at radius 1 is 1.00 bits per heavy atom. The van der Waals surface area contributed by atoms with E-state index in [0.717, 1.165) is 25.7 Å². The van der Waals surface area contributed by atoms with Crippen LogP contribution in [0.5, 0.6) is 0 Å². The fourth-order valence-corrected chi connectivity index (χ4v) is 6.57. The molecule has 4 rings (SSSR count). The maximum Gasteiger partial charge on any atom is 0.523 e. The quantitative estimate of drug-likeness (QED) is 0.190. The fraction of sp³-hybridized carbons (Fsp3) is 0.900. The lowest BCUT2D eigenvalue weighted by atomic mass is 9.62. The van der Waals surface area contributed by atoms with Crippen molar-refractivity contribution in [1.82, 2.24) is 5.09 Å². The summed E-state index contributed by atoms with van der Waals surface area (Å²) in [6.45, 7) is -0.00496. The van der Waals surface area contributed by atoms with Gasteiger partial charge in [0.05, 0.1) is 13.2 Å². The molecule has 188 valence electrons. The second-order valence-electron chi connectivity index (χ2n) is 9.61. The van der Waals surface area contributed by atoms with Crippen LogP contribution in [-0.2, 0) is 28.1 Å². The van der Waals surface area contributed by atoms with E-state index in [-0.39, 0.29) is 25.4 Å². The van der Waals surface area contributed by atoms with Gasteiger partial charge in [0.1, 0.15) is 24.4 Å². The molecule has 2 saturated carbocycles. The first-order chi connectivity index (χ1) is 15.7. The van der Waals surface area contributed by atoms with Gasteiger partial charge in [-0.1, -0.05) is 19.3 Å². The first kappa shape index (κ1) is 25.2. The van der Waals surface area contributed by atoms with Crippen LogP contribution in [0.25, 0.3) is 0 Å². The minimum absolute atomic E-state index is 0.0217. The zero-order valence-electron chi connectivity index (χ0n) is 18.4. The van der Waals surface area contributed by atoms with E-state index >= 15 is 0 Å². The molecule has 5 atom stereocenters. The second-order valence-corrected chi connectivity index (χ2v) is 11.5. The van der Waals surface area contributed by atoms with E-state index in [2.05, 4.69) is 5.09 Å². The maximum atomic E-state index is 12.7. The third kappa shape index (κ3) is 5.05. The van der Waals surface area contributed by atoms with Crippen LogP contribution >= 0.6 is 8.02 Å². The summed E-state index contributed by atoms with van der Waals surface area (Å²) in [7, 11) is -3.30. The van der Waals surface area contributed by atoms with Gasteiger partial charge in [0.2, 0.25) is 0 Å². The zero-order chi connectivity index (χ0) is 23.8. The lowest BCUT2D eigenvalue weighted by molar-refractivity contribution is -0.305. The van der Waals surface area contributed by atoms with Crippen molar-refractivity contribution in [2.45, 2.75) is 75.7 Å². The Morgan fingerprint density at radius 2 is 1.64 bits per heavy atom. The average Bonchev–Trinajstić information content (AvgIpc) is 2.76. The number of rotatable bonds is 7. The molecule has 0 bridgehead atoms. The van der Waals surface area contributed by atoms with Crippen LogP contribution in [0.3, 0.4) is 0 Å². The zero-order valence-corrected chi connectivity index (χ0v) is 19.3. The Morgan fingerprint density at radius 3 is 2.24 bits per heavy atom. The number of carbonyl (C=O) groups excluding carboxylic acids is 2. The number of nitrogens with two attached hydrogens (primary N) is 1. The first-order valence-corrected chi connectivity index (χ1v) is 13.2. The fourth-order valence-electron chi connectivity index (χ4n) is 5.05. The number of carbonyl (C=O) groups is 2. The molecule has 2 saturated heterocycles. The molecular weight excluding hydrogens is 459 g/mol.